The van der Waals surface area contributed by atoms with Gasteiger partial charge in [0.25, 0.3) is 0 Å². The zero-order valence-electron chi connectivity index (χ0n) is 20.3. The fraction of sp³-hybridized carbons (Fsp3) is 0.440. The summed E-state index contributed by atoms with van der Waals surface area (Å²) in [5.74, 6) is -0.519. The standard InChI is InChI=1S/C25H33Cl2N3O4S/c1-4-5-15-28-25(32)19(2)29(18-20-13-14-21(26)17-23(20)27)24(31)12-9-16-30(35(3,33)34)22-10-7-6-8-11-22/h6-8,10-11,13-14,17,19H,4-5,9,12,15-16,18H2,1-3H3,(H,28,32)/t19-/m0/s1. The molecule has 0 fully saturated rings. The first-order valence-electron chi connectivity index (χ1n) is 11.6. The summed E-state index contributed by atoms with van der Waals surface area (Å²) in [4.78, 5) is 27.5. The van der Waals surface area contributed by atoms with Crippen molar-refractivity contribution in [1.29, 1.82) is 0 Å². The van der Waals surface area contributed by atoms with Gasteiger partial charge in [-0.15, -0.1) is 0 Å². The molecular weight excluding hydrogens is 509 g/mol. The number of carbonyl (C=O) groups excluding carboxylic acids is 2. The molecule has 10 heteroatoms. The van der Waals surface area contributed by atoms with Crippen molar-refractivity contribution in [1.82, 2.24) is 10.2 Å². The van der Waals surface area contributed by atoms with Crippen LogP contribution < -0.4 is 9.62 Å². The highest BCUT2D eigenvalue weighted by Gasteiger charge is 2.27. The van der Waals surface area contributed by atoms with Crippen LogP contribution >= 0.6 is 23.2 Å². The van der Waals surface area contributed by atoms with Crippen LogP contribution in [0.2, 0.25) is 10.0 Å². The van der Waals surface area contributed by atoms with Crippen molar-refractivity contribution >= 4 is 50.7 Å². The van der Waals surface area contributed by atoms with E-state index in [1.807, 2.05) is 6.92 Å². The van der Waals surface area contributed by atoms with Crippen LogP contribution in [0.3, 0.4) is 0 Å². The average Bonchev–Trinajstić information content (AvgIpc) is 2.80. The third kappa shape index (κ3) is 9.02. The van der Waals surface area contributed by atoms with E-state index in [0.717, 1.165) is 19.1 Å². The van der Waals surface area contributed by atoms with E-state index in [4.69, 9.17) is 23.2 Å². The number of halogens is 2. The van der Waals surface area contributed by atoms with E-state index in [1.54, 1.807) is 55.5 Å². The molecule has 0 heterocycles. The first-order chi connectivity index (χ1) is 16.5. The average molecular weight is 543 g/mol. The number of rotatable bonds is 13. The van der Waals surface area contributed by atoms with Gasteiger partial charge in [0.05, 0.1) is 11.9 Å². The van der Waals surface area contributed by atoms with E-state index >= 15 is 0 Å². The van der Waals surface area contributed by atoms with Gasteiger partial charge in [-0.05, 0) is 49.6 Å². The van der Waals surface area contributed by atoms with Gasteiger partial charge in [0.1, 0.15) is 6.04 Å². The van der Waals surface area contributed by atoms with Crippen LogP contribution in [-0.2, 0) is 26.2 Å². The number of amides is 2. The Kier molecular flexibility index (Phi) is 11.3. The summed E-state index contributed by atoms with van der Waals surface area (Å²) in [6.07, 6.45) is 3.28. The van der Waals surface area contributed by atoms with Gasteiger partial charge in [-0.2, -0.15) is 0 Å². The molecule has 2 amide bonds. The number of para-hydroxylation sites is 1. The molecule has 0 aliphatic carbocycles. The van der Waals surface area contributed by atoms with E-state index in [0.29, 0.717) is 27.8 Å². The molecule has 0 spiro atoms. The Morgan fingerprint density at radius 3 is 2.34 bits per heavy atom. The molecule has 0 bridgehead atoms. The molecule has 2 aromatic carbocycles. The van der Waals surface area contributed by atoms with Gasteiger partial charge < -0.3 is 10.2 Å². The molecule has 1 N–H and O–H groups in total. The summed E-state index contributed by atoms with van der Waals surface area (Å²) in [6, 6.07) is 13.0. The van der Waals surface area contributed by atoms with Gasteiger partial charge in [0.15, 0.2) is 0 Å². The minimum absolute atomic E-state index is 0.0661. The molecule has 0 unspecified atom stereocenters. The predicted octanol–water partition coefficient (Wildman–Crippen LogP) is 4.87. The van der Waals surface area contributed by atoms with E-state index < -0.39 is 16.1 Å². The fourth-order valence-corrected chi connectivity index (χ4v) is 4.98. The highest BCUT2D eigenvalue weighted by atomic mass is 35.5. The highest BCUT2D eigenvalue weighted by Crippen LogP contribution is 2.24. The van der Waals surface area contributed by atoms with E-state index in [9.17, 15) is 18.0 Å². The van der Waals surface area contributed by atoms with Crippen LogP contribution in [-0.4, -0.2) is 50.5 Å². The Morgan fingerprint density at radius 2 is 1.74 bits per heavy atom. The van der Waals surface area contributed by atoms with Gasteiger partial charge >= 0.3 is 0 Å². The Hall–Kier alpha value is -2.29. The van der Waals surface area contributed by atoms with Crippen molar-refractivity contribution in [2.45, 2.75) is 52.1 Å². The quantitative estimate of drug-likeness (QED) is 0.366. The lowest BCUT2D eigenvalue weighted by Crippen LogP contribution is -2.48. The number of nitrogens with zero attached hydrogens (tertiary/aromatic N) is 2. The summed E-state index contributed by atoms with van der Waals surface area (Å²) < 4.78 is 25.9. The summed E-state index contributed by atoms with van der Waals surface area (Å²) in [5.41, 5.74) is 1.20. The molecule has 35 heavy (non-hydrogen) atoms. The Bertz CT molecular complexity index is 1100. The van der Waals surface area contributed by atoms with Crippen molar-refractivity contribution in [2.75, 3.05) is 23.7 Å². The molecule has 1 atom stereocenters. The number of anilines is 1. The third-order valence-electron chi connectivity index (χ3n) is 5.55. The number of carbonyl (C=O) groups is 2. The summed E-state index contributed by atoms with van der Waals surface area (Å²) in [5, 5.41) is 3.75. The molecule has 0 saturated carbocycles. The summed E-state index contributed by atoms with van der Waals surface area (Å²) in [7, 11) is -3.52. The fourth-order valence-electron chi connectivity index (χ4n) is 3.55. The van der Waals surface area contributed by atoms with E-state index in [2.05, 4.69) is 5.32 Å². The Labute approximate surface area is 218 Å². The maximum atomic E-state index is 13.3. The maximum Gasteiger partial charge on any atom is 0.242 e. The zero-order chi connectivity index (χ0) is 26.0. The summed E-state index contributed by atoms with van der Waals surface area (Å²) >= 11 is 12.3. The van der Waals surface area contributed by atoms with Gasteiger partial charge in [-0.25, -0.2) is 8.42 Å². The minimum atomic E-state index is -3.52. The van der Waals surface area contributed by atoms with Crippen LogP contribution in [0.4, 0.5) is 5.69 Å². The highest BCUT2D eigenvalue weighted by molar-refractivity contribution is 7.92. The van der Waals surface area contributed by atoms with Crippen molar-refractivity contribution in [3.8, 4) is 0 Å². The smallest absolute Gasteiger partial charge is 0.242 e. The lowest BCUT2D eigenvalue weighted by atomic mass is 10.1. The van der Waals surface area contributed by atoms with Crippen molar-refractivity contribution in [3.63, 3.8) is 0 Å². The molecule has 0 aromatic heterocycles. The summed E-state index contributed by atoms with van der Waals surface area (Å²) in [6.45, 7) is 4.51. The van der Waals surface area contributed by atoms with Crippen molar-refractivity contribution in [3.05, 3.63) is 64.1 Å². The molecule has 0 aliphatic heterocycles. The molecule has 7 nitrogen and oxygen atoms in total. The minimum Gasteiger partial charge on any atom is -0.354 e. The zero-order valence-corrected chi connectivity index (χ0v) is 22.7. The molecule has 192 valence electrons. The van der Waals surface area contributed by atoms with Crippen LogP contribution in [0.25, 0.3) is 0 Å². The lowest BCUT2D eigenvalue weighted by Gasteiger charge is -2.30. The van der Waals surface area contributed by atoms with Gasteiger partial charge in [0.2, 0.25) is 21.8 Å². The number of sulfonamides is 1. The number of nitrogens with one attached hydrogen (secondary N) is 1. The first kappa shape index (κ1) is 28.9. The topological polar surface area (TPSA) is 86.8 Å². The molecule has 0 saturated heterocycles. The second-order valence-corrected chi connectivity index (χ2v) is 11.1. The molecule has 0 aliphatic rings. The third-order valence-corrected chi connectivity index (χ3v) is 7.33. The van der Waals surface area contributed by atoms with Gasteiger partial charge in [-0.3, -0.25) is 13.9 Å². The van der Waals surface area contributed by atoms with E-state index in [-0.39, 0.29) is 37.7 Å². The first-order valence-corrected chi connectivity index (χ1v) is 14.2. The van der Waals surface area contributed by atoms with Crippen LogP contribution in [0.5, 0.6) is 0 Å². The number of benzene rings is 2. The number of hydrogen-bond acceptors (Lipinski definition) is 4. The second-order valence-electron chi connectivity index (χ2n) is 8.35. The molecule has 0 radical (unpaired) electrons. The molecular formula is C25H33Cl2N3O4S. The Balaban J connectivity index is 2.16. The van der Waals surface area contributed by atoms with Crippen LogP contribution in [0, 0.1) is 0 Å². The van der Waals surface area contributed by atoms with Crippen molar-refractivity contribution in [2.24, 2.45) is 0 Å². The molecule has 2 rings (SSSR count). The lowest BCUT2D eigenvalue weighted by molar-refractivity contribution is -0.140. The van der Waals surface area contributed by atoms with E-state index in [1.165, 1.54) is 9.21 Å². The normalized spacial score (nSPS) is 12.1. The van der Waals surface area contributed by atoms with Crippen molar-refractivity contribution < 1.29 is 18.0 Å². The Morgan fingerprint density at radius 1 is 1.06 bits per heavy atom. The second kappa shape index (κ2) is 13.7. The van der Waals surface area contributed by atoms with Gasteiger partial charge in [0, 0.05) is 36.1 Å². The predicted molar refractivity (Wildman–Crippen MR) is 142 cm³/mol. The number of unbranched alkanes of at least 4 members (excludes halogenated alkanes) is 1. The van der Waals surface area contributed by atoms with Crippen LogP contribution in [0.1, 0.15) is 45.1 Å². The SMILES string of the molecule is CCCCNC(=O)[C@H](C)N(Cc1ccc(Cl)cc1Cl)C(=O)CCCN(c1ccccc1)S(C)(=O)=O. The number of hydrogen-bond donors (Lipinski definition) is 1. The van der Waals surface area contributed by atoms with Crippen LogP contribution in [0.15, 0.2) is 48.5 Å². The molecule has 2 aromatic rings. The largest absolute Gasteiger partial charge is 0.354 e. The maximum absolute atomic E-state index is 13.3. The monoisotopic (exact) mass is 541 g/mol. The van der Waals surface area contributed by atoms with Gasteiger partial charge in [-0.1, -0.05) is 60.8 Å².